The highest BCUT2D eigenvalue weighted by molar-refractivity contribution is 7.88. The molecule has 38 heavy (non-hydrogen) atoms. The molecule has 8 nitrogen and oxygen atoms in total. The number of anilines is 2. The normalized spacial score (nSPS) is 11.4. The Morgan fingerprint density at radius 1 is 0.895 bits per heavy atom. The van der Waals surface area contributed by atoms with Crippen LogP contribution in [-0.4, -0.2) is 70.2 Å². The molecule has 0 aliphatic rings. The van der Waals surface area contributed by atoms with E-state index in [4.69, 9.17) is 23.2 Å². The summed E-state index contributed by atoms with van der Waals surface area (Å²) in [6.45, 7) is 1.66. The lowest BCUT2D eigenvalue weighted by Gasteiger charge is -2.27. The number of nitriles is 1. The number of sulfonamides is 1. The number of amides is 2. The van der Waals surface area contributed by atoms with Gasteiger partial charge < -0.3 is 10.2 Å². The molecule has 0 aliphatic heterocycles. The van der Waals surface area contributed by atoms with E-state index in [0.29, 0.717) is 53.2 Å². The molecule has 0 saturated heterocycles. The summed E-state index contributed by atoms with van der Waals surface area (Å²) >= 11 is 12.2. The van der Waals surface area contributed by atoms with E-state index in [2.05, 4.69) is 11.4 Å². The number of nitrogens with one attached hydrogen (secondary N) is 1. The molecule has 0 saturated carbocycles. The van der Waals surface area contributed by atoms with Crippen molar-refractivity contribution in [3.05, 3.63) is 82.3 Å². The molecule has 0 heterocycles. The number of hydrogen-bond donors (Lipinski definition) is 1. The van der Waals surface area contributed by atoms with Crippen molar-refractivity contribution in [1.82, 2.24) is 9.21 Å². The number of likely N-dealkylation sites (N-methyl/N-ethyl adjacent to an activating group) is 2. The van der Waals surface area contributed by atoms with Gasteiger partial charge in [0, 0.05) is 54.6 Å². The zero-order valence-corrected chi connectivity index (χ0v) is 23.7. The first-order valence-electron chi connectivity index (χ1n) is 11.7. The van der Waals surface area contributed by atoms with Gasteiger partial charge in [0.05, 0.1) is 17.9 Å². The molecule has 200 valence electrons. The van der Waals surface area contributed by atoms with Crippen molar-refractivity contribution in [1.29, 1.82) is 5.26 Å². The van der Waals surface area contributed by atoms with Crippen LogP contribution in [0.4, 0.5) is 16.2 Å². The number of carbonyl (C=O) groups is 1. The van der Waals surface area contributed by atoms with Crippen LogP contribution in [-0.2, 0) is 10.0 Å². The molecular formula is C27H29Cl2N5O3S. The summed E-state index contributed by atoms with van der Waals surface area (Å²) in [5.41, 5.74) is 3.50. The lowest BCUT2D eigenvalue weighted by atomic mass is 10.0. The van der Waals surface area contributed by atoms with Crippen molar-refractivity contribution in [2.75, 3.05) is 56.7 Å². The van der Waals surface area contributed by atoms with Gasteiger partial charge in [0.25, 0.3) is 0 Å². The second-order valence-electron chi connectivity index (χ2n) is 8.87. The molecule has 0 spiro atoms. The Morgan fingerprint density at radius 2 is 1.53 bits per heavy atom. The molecule has 1 N–H and O–H groups in total. The van der Waals surface area contributed by atoms with Crippen molar-refractivity contribution in [3.63, 3.8) is 0 Å². The molecule has 0 atom stereocenters. The standard InChI is InChI=1S/C27H29Cl2N5O3S/c1-32(11-13-33(2)38(3,36)37)12-14-34(27(35)31-25-17-23(28)16-24(29)18-25)26-9-7-21(8-10-26)22-6-4-5-20(15-22)19-30/h4-10,15-18H,11-14H2,1-3H3,(H,31,35). The SMILES string of the molecule is CN(CCN(C(=O)Nc1cc(Cl)cc(Cl)c1)c1ccc(-c2cccc(C#N)c2)cc1)CCN(C)S(C)(=O)=O. The van der Waals surface area contributed by atoms with E-state index >= 15 is 0 Å². The van der Waals surface area contributed by atoms with Gasteiger partial charge in [-0.1, -0.05) is 47.5 Å². The average Bonchev–Trinajstić information content (AvgIpc) is 2.86. The molecule has 0 aromatic heterocycles. The van der Waals surface area contributed by atoms with Gasteiger partial charge in [0.1, 0.15) is 0 Å². The minimum Gasteiger partial charge on any atom is -0.307 e. The first-order chi connectivity index (χ1) is 18.0. The van der Waals surface area contributed by atoms with Gasteiger partial charge in [-0.05, 0) is 60.6 Å². The van der Waals surface area contributed by atoms with Gasteiger partial charge in [-0.3, -0.25) is 4.90 Å². The Morgan fingerprint density at radius 3 is 2.13 bits per heavy atom. The molecular weight excluding hydrogens is 545 g/mol. The van der Waals surface area contributed by atoms with Crippen LogP contribution in [0.1, 0.15) is 5.56 Å². The third-order valence-electron chi connectivity index (χ3n) is 5.93. The predicted molar refractivity (Wildman–Crippen MR) is 154 cm³/mol. The van der Waals surface area contributed by atoms with Crippen LogP contribution in [0.15, 0.2) is 66.7 Å². The van der Waals surface area contributed by atoms with Gasteiger partial charge in [-0.15, -0.1) is 0 Å². The number of hydrogen-bond acceptors (Lipinski definition) is 5. The second kappa shape index (κ2) is 13.1. The van der Waals surface area contributed by atoms with Crippen molar-refractivity contribution >= 4 is 50.6 Å². The fourth-order valence-corrected chi connectivity index (χ4v) is 4.57. The summed E-state index contributed by atoms with van der Waals surface area (Å²) in [5.74, 6) is 0. The Hall–Kier alpha value is -3.13. The number of nitrogens with zero attached hydrogens (tertiary/aromatic N) is 4. The smallest absolute Gasteiger partial charge is 0.307 e. The quantitative estimate of drug-likeness (QED) is 0.350. The third kappa shape index (κ3) is 8.45. The largest absolute Gasteiger partial charge is 0.326 e. The van der Waals surface area contributed by atoms with Gasteiger partial charge in [0.2, 0.25) is 10.0 Å². The van der Waals surface area contributed by atoms with Gasteiger partial charge in [-0.2, -0.15) is 5.26 Å². The highest BCUT2D eigenvalue weighted by Crippen LogP contribution is 2.26. The van der Waals surface area contributed by atoms with Crippen LogP contribution in [0.2, 0.25) is 10.0 Å². The maximum absolute atomic E-state index is 13.4. The molecule has 0 aliphatic carbocycles. The summed E-state index contributed by atoms with van der Waals surface area (Å²) < 4.78 is 24.7. The predicted octanol–water partition coefficient (Wildman–Crippen LogP) is 5.39. The molecule has 3 rings (SSSR count). The summed E-state index contributed by atoms with van der Waals surface area (Å²) in [6.07, 6.45) is 1.17. The number of benzene rings is 3. The van der Waals surface area contributed by atoms with Crippen LogP contribution in [0.5, 0.6) is 0 Å². The molecule has 3 aromatic carbocycles. The van der Waals surface area contributed by atoms with Gasteiger partial charge >= 0.3 is 6.03 Å². The third-order valence-corrected chi connectivity index (χ3v) is 7.68. The van der Waals surface area contributed by atoms with E-state index in [1.807, 2.05) is 54.4 Å². The minimum absolute atomic E-state index is 0.332. The number of halogens is 2. The van der Waals surface area contributed by atoms with E-state index in [9.17, 15) is 18.5 Å². The van der Waals surface area contributed by atoms with Gasteiger partial charge in [0.15, 0.2) is 0 Å². The number of urea groups is 1. The van der Waals surface area contributed by atoms with Crippen LogP contribution in [0.3, 0.4) is 0 Å². The summed E-state index contributed by atoms with van der Waals surface area (Å²) in [4.78, 5) is 16.9. The van der Waals surface area contributed by atoms with E-state index < -0.39 is 10.0 Å². The summed E-state index contributed by atoms with van der Waals surface area (Å²) in [5, 5.41) is 12.9. The monoisotopic (exact) mass is 573 g/mol. The number of rotatable bonds is 10. The van der Waals surface area contributed by atoms with Crippen molar-refractivity contribution < 1.29 is 13.2 Å². The van der Waals surface area contributed by atoms with E-state index in [-0.39, 0.29) is 6.03 Å². The topological polar surface area (TPSA) is 96.8 Å². The van der Waals surface area contributed by atoms with Gasteiger partial charge in [-0.25, -0.2) is 17.5 Å². The second-order valence-corrected chi connectivity index (χ2v) is 11.8. The first kappa shape index (κ1) is 29.4. The zero-order valence-electron chi connectivity index (χ0n) is 21.4. The lowest BCUT2D eigenvalue weighted by molar-refractivity contribution is 0.254. The average molecular weight is 575 g/mol. The Kier molecular flexibility index (Phi) is 10.1. The van der Waals surface area contributed by atoms with E-state index in [1.54, 1.807) is 29.2 Å². The highest BCUT2D eigenvalue weighted by Gasteiger charge is 2.18. The molecule has 0 radical (unpaired) electrons. The van der Waals surface area contributed by atoms with Crippen molar-refractivity contribution in [2.24, 2.45) is 0 Å². The highest BCUT2D eigenvalue weighted by atomic mass is 35.5. The van der Waals surface area contributed by atoms with Crippen LogP contribution in [0.25, 0.3) is 11.1 Å². The Balaban J connectivity index is 1.80. The van der Waals surface area contributed by atoms with E-state index in [1.165, 1.54) is 17.6 Å². The van der Waals surface area contributed by atoms with Crippen LogP contribution in [0, 0.1) is 11.3 Å². The molecule has 11 heteroatoms. The molecule has 0 fully saturated rings. The maximum Gasteiger partial charge on any atom is 0.326 e. The molecule has 2 amide bonds. The zero-order chi connectivity index (χ0) is 27.9. The molecule has 3 aromatic rings. The molecule has 0 bridgehead atoms. The molecule has 0 unspecified atom stereocenters. The van der Waals surface area contributed by atoms with E-state index in [0.717, 1.165) is 11.1 Å². The Bertz CT molecular complexity index is 1410. The van der Waals surface area contributed by atoms with Crippen molar-refractivity contribution in [3.8, 4) is 17.2 Å². The van der Waals surface area contributed by atoms with Crippen LogP contribution < -0.4 is 10.2 Å². The number of carbonyl (C=O) groups excluding carboxylic acids is 1. The lowest BCUT2D eigenvalue weighted by Crippen LogP contribution is -2.42. The first-order valence-corrected chi connectivity index (χ1v) is 14.3. The summed E-state index contributed by atoms with van der Waals surface area (Å²) in [6, 6.07) is 21.4. The fourth-order valence-electron chi connectivity index (χ4n) is 3.63. The fraction of sp³-hybridized carbons (Fsp3) is 0.259. The maximum atomic E-state index is 13.4. The minimum atomic E-state index is -3.27. The van der Waals surface area contributed by atoms with Crippen molar-refractivity contribution in [2.45, 2.75) is 0 Å². The summed E-state index contributed by atoms with van der Waals surface area (Å²) in [7, 11) is 0.137. The van der Waals surface area contributed by atoms with Crippen LogP contribution >= 0.6 is 23.2 Å². The Labute approximate surface area is 234 Å².